The van der Waals surface area contributed by atoms with E-state index in [9.17, 15) is 9.59 Å². The zero-order valence-electron chi connectivity index (χ0n) is 16.2. The van der Waals surface area contributed by atoms with E-state index in [0.717, 1.165) is 17.3 Å². The van der Waals surface area contributed by atoms with Crippen molar-refractivity contribution >= 4 is 28.6 Å². The van der Waals surface area contributed by atoms with Crippen LogP contribution in [-0.4, -0.2) is 35.1 Å². The van der Waals surface area contributed by atoms with Crippen molar-refractivity contribution in [3.63, 3.8) is 0 Å². The maximum Gasteiger partial charge on any atom is 0.286 e. The number of aromatic nitrogens is 1. The Morgan fingerprint density at radius 3 is 2.52 bits per heavy atom. The molecule has 0 unspecified atom stereocenters. The second-order valence-electron chi connectivity index (χ2n) is 6.37. The predicted octanol–water partition coefficient (Wildman–Crippen LogP) is 4.69. The number of amides is 2. The van der Waals surface area contributed by atoms with Gasteiger partial charge >= 0.3 is 0 Å². The Morgan fingerprint density at radius 2 is 1.76 bits per heavy atom. The molecular formula is C22H21N3O3S. The van der Waals surface area contributed by atoms with Crippen LogP contribution < -0.4 is 10.1 Å². The van der Waals surface area contributed by atoms with E-state index in [2.05, 4.69) is 10.3 Å². The van der Waals surface area contributed by atoms with Crippen LogP contribution in [-0.2, 0) is 6.61 Å². The smallest absolute Gasteiger partial charge is 0.286 e. The monoisotopic (exact) mass is 407 g/mol. The molecule has 0 saturated heterocycles. The number of rotatable bonds is 6. The number of para-hydroxylation sites is 1. The first-order valence-corrected chi connectivity index (χ1v) is 9.77. The molecule has 0 bridgehead atoms. The van der Waals surface area contributed by atoms with Crippen molar-refractivity contribution in [3.8, 4) is 5.88 Å². The summed E-state index contributed by atoms with van der Waals surface area (Å²) >= 11 is 1.06. The van der Waals surface area contributed by atoms with Gasteiger partial charge in [0.25, 0.3) is 11.1 Å². The summed E-state index contributed by atoms with van der Waals surface area (Å²) in [5, 5.41) is 2.74. The van der Waals surface area contributed by atoms with Crippen molar-refractivity contribution in [3.05, 3.63) is 84.1 Å². The van der Waals surface area contributed by atoms with Gasteiger partial charge in [0.1, 0.15) is 6.61 Å². The van der Waals surface area contributed by atoms with Crippen molar-refractivity contribution in [2.24, 2.45) is 0 Å². The third kappa shape index (κ3) is 5.83. The van der Waals surface area contributed by atoms with Crippen LogP contribution in [0.1, 0.15) is 15.9 Å². The Labute approximate surface area is 173 Å². The largest absolute Gasteiger partial charge is 0.473 e. The molecule has 0 radical (unpaired) electrons. The highest BCUT2D eigenvalue weighted by atomic mass is 32.2. The second-order valence-corrected chi connectivity index (χ2v) is 7.36. The summed E-state index contributed by atoms with van der Waals surface area (Å²) in [6, 6.07) is 20.1. The molecule has 0 aliphatic rings. The van der Waals surface area contributed by atoms with Crippen LogP contribution in [0.5, 0.6) is 5.88 Å². The van der Waals surface area contributed by atoms with Gasteiger partial charge in [-0.15, -0.1) is 0 Å². The highest BCUT2D eigenvalue weighted by Gasteiger charge is 2.14. The maximum absolute atomic E-state index is 12.7. The molecule has 0 spiro atoms. The summed E-state index contributed by atoms with van der Waals surface area (Å²) < 4.78 is 5.69. The highest BCUT2D eigenvalue weighted by Crippen LogP contribution is 2.29. The number of nitrogens with one attached hydrogen (secondary N) is 1. The van der Waals surface area contributed by atoms with Crippen molar-refractivity contribution in [2.45, 2.75) is 11.5 Å². The molecule has 3 rings (SSSR count). The Balaban J connectivity index is 1.69. The Morgan fingerprint density at radius 1 is 1.03 bits per heavy atom. The SMILES string of the molecule is CN(C)C(=O)Sc1ccccc1NC(=O)c1ccnc(OCc2ccccc2)c1. The number of thioether (sulfide) groups is 1. The van der Waals surface area contributed by atoms with Gasteiger partial charge in [0, 0.05) is 36.8 Å². The van der Waals surface area contributed by atoms with E-state index >= 15 is 0 Å². The number of nitrogens with zero attached hydrogens (tertiary/aromatic N) is 2. The molecule has 29 heavy (non-hydrogen) atoms. The van der Waals surface area contributed by atoms with E-state index in [1.165, 1.54) is 11.1 Å². The summed E-state index contributed by atoms with van der Waals surface area (Å²) in [6.07, 6.45) is 1.53. The fourth-order valence-corrected chi connectivity index (χ4v) is 3.15. The first-order chi connectivity index (χ1) is 14.0. The summed E-state index contributed by atoms with van der Waals surface area (Å²) in [6.45, 7) is 0.366. The van der Waals surface area contributed by atoms with Gasteiger partial charge < -0.3 is 15.0 Å². The van der Waals surface area contributed by atoms with Crippen molar-refractivity contribution in [2.75, 3.05) is 19.4 Å². The van der Waals surface area contributed by atoms with E-state index in [1.54, 1.807) is 44.4 Å². The quantitative estimate of drug-likeness (QED) is 0.601. The molecule has 2 amide bonds. The number of carbonyl (C=O) groups excluding carboxylic acids is 2. The van der Waals surface area contributed by atoms with Crippen molar-refractivity contribution in [1.82, 2.24) is 9.88 Å². The van der Waals surface area contributed by atoms with Crippen LogP contribution in [0.15, 0.2) is 77.8 Å². The molecule has 1 heterocycles. The lowest BCUT2D eigenvalue weighted by Gasteiger charge is -2.13. The molecule has 0 aliphatic heterocycles. The van der Waals surface area contributed by atoms with Gasteiger partial charge in [-0.2, -0.15) is 0 Å². The summed E-state index contributed by atoms with van der Waals surface area (Å²) in [5.74, 6) is 0.0641. The van der Waals surface area contributed by atoms with E-state index in [-0.39, 0.29) is 11.1 Å². The average molecular weight is 407 g/mol. The molecule has 0 aliphatic carbocycles. The van der Waals surface area contributed by atoms with Crippen LogP contribution in [0.25, 0.3) is 0 Å². The summed E-state index contributed by atoms with van der Waals surface area (Å²) in [4.78, 5) is 31.0. The molecule has 148 valence electrons. The molecular weight excluding hydrogens is 386 g/mol. The van der Waals surface area contributed by atoms with E-state index in [4.69, 9.17) is 4.74 Å². The molecule has 2 aromatic carbocycles. The number of hydrogen-bond acceptors (Lipinski definition) is 5. The van der Waals surface area contributed by atoms with Gasteiger partial charge in [-0.05, 0) is 35.5 Å². The molecule has 0 saturated carbocycles. The van der Waals surface area contributed by atoms with Gasteiger partial charge in [-0.25, -0.2) is 4.98 Å². The summed E-state index contributed by atoms with van der Waals surface area (Å²) in [7, 11) is 3.37. The fourth-order valence-electron chi connectivity index (χ4n) is 2.40. The first kappa shape index (κ1) is 20.4. The molecule has 1 N–H and O–H groups in total. The highest BCUT2D eigenvalue weighted by molar-refractivity contribution is 8.13. The van der Waals surface area contributed by atoms with Crippen LogP contribution in [0, 0.1) is 0 Å². The Hall–Kier alpha value is -3.32. The lowest BCUT2D eigenvalue weighted by Crippen LogP contribution is -2.17. The average Bonchev–Trinajstić information content (AvgIpc) is 2.74. The van der Waals surface area contributed by atoms with Crippen LogP contribution in [0.4, 0.5) is 10.5 Å². The predicted molar refractivity (Wildman–Crippen MR) is 114 cm³/mol. The van der Waals surface area contributed by atoms with Gasteiger partial charge in [-0.3, -0.25) is 9.59 Å². The number of anilines is 1. The standard InChI is InChI=1S/C22H21N3O3S/c1-25(2)22(27)29-19-11-7-6-10-18(19)24-21(26)17-12-13-23-20(14-17)28-15-16-8-4-3-5-9-16/h3-14H,15H2,1-2H3,(H,24,26). The van der Waals surface area contributed by atoms with Gasteiger partial charge in [0.15, 0.2) is 0 Å². The van der Waals surface area contributed by atoms with Crippen LogP contribution in [0.3, 0.4) is 0 Å². The molecule has 0 atom stereocenters. The number of hydrogen-bond donors (Lipinski definition) is 1. The lowest BCUT2D eigenvalue weighted by atomic mass is 10.2. The molecule has 3 aromatic rings. The van der Waals surface area contributed by atoms with Crippen LogP contribution >= 0.6 is 11.8 Å². The first-order valence-electron chi connectivity index (χ1n) is 8.95. The number of benzene rings is 2. The normalized spacial score (nSPS) is 10.3. The van der Waals surface area contributed by atoms with E-state index in [0.29, 0.717) is 28.6 Å². The van der Waals surface area contributed by atoms with Crippen LogP contribution in [0.2, 0.25) is 0 Å². The number of carbonyl (C=O) groups is 2. The van der Waals surface area contributed by atoms with Gasteiger partial charge in [0.05, 0.1) is 5.69 Å². The number of ether oxygens (including phenoxy) is 1. The fraction of sp³-hybridized carbons (Fsp3) is 0.136. The van der Waals surface area contributed by atoms with Gasteiger partial charge in [-0.1, -0.05) is 42.5 Å². The summed E-state index contributed by atoms with van der Waals surface area (Å²) in [5.41, 5.74) is 2.00. The minimum atomic E-state index is -0.303. The number of pyridine rings is 1. The van der Waals surface area contributed by atoms with E-state index in [1.807, 2.05) is 36.4 Å². The third-order valence-electron chi connectivity index (χ3n) is 3.92. The molecule has 6 nitrogen and oxygen atoms in total. The maximum atomic E-state index is 12.7. The van der Waals surface area contributed by atoms with Gasteiger partial charge in [0.2, 0.25) is 5.88 Å². The Kier molecular flexibility index (Phi) is 6.86. The zero-order valence-corrected chi connectivity index (χ0v) is 17.0. The minimum absolute atomic E-state index is 0.118. The molecule has 0 fully saturated rings. The third-order valence-corrected chi connectivity index (χ3v) is 5.04. The second kappa shape index (κ2) is 9.75. The molecule has 1 aromatic heterocycles. The van der Waals surface area contributed by atoms with E-state index < -0.39 is 0 Å². The Bertz CT molecular complexity index is 993. The minimum Gasteiger partial charge on any atom is -0.473 e. The zero-order chi connectivity index (χ0) is 20.6. The molecule has 7 heteroatoms. The lowest BCUT2D eigenvalue weighted by molar-refractivity contribution is 0.102. The topological polar surface area (TPSA) is 71.5 Å². The van der Waals surface area contributed by atoms with Crippen molar-refractivity contribution in [1.29, 1.82) is 0 Å². The van der Waals surface area contributed by atoms with Crippen molar-refractivity contribution < 1.29 is 14.3 Å².